The van der Waals surface area contributed by atoms with Crippen molar-refractivity contribution in [3.63, 3.8) is 0 Å². The Balaban J connectivity index is 0.000000172. The van der Waals surface area contributed by atoms with Gasteiger partial charge < -0.3 is 96.8 Å². The van der Waals surface area contributed by atoms with Crippen LogP contribution in [0.2, 0.25) is 0 Å². The van der Waals surface area contributed by atoms with Gasteiger partial charge in [-0.1, -0.05) is 27.7 Å². The number of halogens is 5. The number of nitrogens with one attached hydrogen (secondary N) is 11. The molecule has 5 aliphatic heterocycles. The lowest BCUT2D eigenvalue weighted by molar-refractivity contribution is -0.119. The van der Waals surface area contributed by atoms with Crippen LogP contribution in [-0.4, -0.2) is 221 Å². The number of amides is 10. The van der Waals surface area contributed by atoms with E-state index in [0.29, 0.717) is 217 Å². The molecule has 15 N–H and O–H groups in total. The van der Waals surface area contributed by atoms with E-state index >= 15 is 0 Å². The lowest BCUT2D eigenvalue weighted by Crippen LogP contribution is -2.43. The zero-order valence-electron chi connectivity index (χ0n) is 84.2. The summed E-state index contributed by atoms with van der Waals surface area (Å²) < 4.78 is 75.7. The van der Waals surface area contributed by atoms with Gasteiger partial charge in [-0.25, -0.2) is 26.7 Å². The molecule has 10 aromatic rings. The number of H-pyrrole nitrogens is 1. The molecule has 5 aromatic heterocycles. The van der Waals surface area contributed by atoms with E-state index in [2.05, 4.69) is 63.1 Å². The summed E-state index contributed by atoms with van der Waals surface area (Å²) in [5.74, 6) is -5.82. The van der Waals surface area contributed by atoms with Gasteiger partial charge in [0, 0.05) is 194 Å². The molecule has 0 fully saturated rings. The number of carbonyl (C=O) groups excluding carboxylic acids is 10. The minimum atomic E-state index is -1.03. The summed E-state index contributed by atoms with van der Waals surface area (Å²) in [5, 5.41) is 65.9. The van der Waals surface area contributed by atoms with Crippen molar-refractivity contribution in [2.24, 2.45) is 28.2 Å². The Morgan fingerprint density at radius 2 is 0.667 bits per heavy atom. The predicted octanol–water partition coefficient (Wildman–Crippen LogP) is 12.7. The average molecular weight is 1980 g/mol. The summed E-state index contributed by atoms with van der Waals surface area (Å²) in [7, 11) is 7.29. The van der Waals surface area contributed by atoms with Crippen LogP contribution in [0.25, 0.3) is 58.2 Å². The highest BCUT2D eigenvalue weighted by Gasteiger charge is 2.35. The highest BCUT2D eigenvalue weighted by atomic mass is 19.1. The Kier molecular flexibility index (Phi) is 35.7. The van der Waals surface area contributed by atoms with E-state index in [0.717, 1.165) is 46.1 Å². The van der Waals surface area contributed by atoms with Gasteiger partial charge in [0.05, 0.1) is 68.8 Å². The lowest BCUT2D eigenvalue weighted by atomic mass is 10.0. The van der Waals surface area contributed by atoms with Crippen LogP contribution in [-0.2, 0) is 57.0 Å². The van der Waals surface area contributed by atoms with Crippen molar-refractivity contribution in [2.45, 2.75) is 123 Å². The summed E-state index contributed by atoms with van der Waals surface area (Å²) in [4.78, 5) is 144. The maximum Gasteiger partial charge on any atom is 0.337 e. The molecule has 0 radical (unpaired) electrons. The summed E-state index contributed by atoms with van der Waals surface area (Å²) in [6.07, 6.45) is 6.98. The second kappa shape index (κ2) is 47.1. The first-order chi connectivity index (χ1) is 68.2. The van der Waals surface area contributed by atoms with Crippen LogP contribution in [0.15, 0.2) is 91.0 Å². The van der Waals surface area contributed by atoms with Gasteiger partial charge in [-0.3, -0.25) is 62.6 Å². The summed E-state index contributed by atoms with van der Waals surface area (Å²) >= 11 is 0. The van der Waals surface area contributed by atoms with Crippen LogP contribution in [0.4, 0.5) is 50.4 Å². The number of aliphatic hydroxyl groups is 3. The number of hydrogen-bond acceptors (Lipinski definition) is 17. The van der Waals surface area contributed by atoms with Gasteiger partial charge in [-0.05, 0) is 252 Å². The molecule has 10 heterocycles. The molecule has 144 heavy (non-hydrogen) atoms. The van der Waals surface area contributed by atoms with E-state index < -0.39 is 47.5 Å². The van der Waals surface area contributed by atoms with Crippen molar-refractivity contribution in [2.75, 3.05) is 112 Å². The van der Waals surface area contributed by atoms with Crippen molar-refractivity contribution in [1.82, 2.24) is 64.5 Å². The molecule has 2 atom stereocenters. The Labute approximate surface area is 830 Å². The molecule has 5 aliphatic rings. The van der Waals surface area contributed by atoms with Crippen LogP contribution in [0.5, 0.6) is 0 Å². The minimum absolute atomic E-state index is 0.0807. The number of aromatic carboxylic acids is 1. The van der Waals surface area contributed by atoms with Gasteiger partial charge in [0.15, 0.2) is 0 Å². The zero-order valence-corrected chi connectivity index (χ0v) is 84.2. The first-order valence-corrected chi connectivity index (χ1v) is 47.0. The third-order valence-electron chi connectivity index (χ3n) is 26.4. The molecule has 15 rings (SSSR count). The SMILES string of the molecule is CC(=O)NCCNC(=O)c1c(C)c(/C=C2\C(=O)Nc3ccc(F)cc32)n(C)c1C.CCN(CC)C(O)CNC(=O)c1c(C)c(/C=C2\C(=O)Nc3ccc(F)cc32)n(C)c1C.CCN(CCNC(=O)c1c(C)c(/C=C2\C(=O)Nc3ccc(F)cc32)n(C)c1C)C(C)O.CCN(CCO)CCNC(=O)c1c(C)c(/C=C2\C(=O)Nc3ccc(F)cc32)n(C)c1C.Cc1[nH]c(/C=C2\C(=O)Nc3ccc(F)cc32)c(C)c1C(=O)O. The van der Waals surface area contributed by atoms with Crippen molar-refractivity contribution in [3.8, 4) is 0 Å². The number of likely N-dealkylation sites (N-methyl/N-ethyl adjacent to an activating group) is 3. The Hall–Kier alpha value is -15.2. The molecule has 0 saturated heterocycles. The molecule has 0 aliphatic carbocycles. The third kappa shape index (κ3) is 24.1. The van der Waals surface area contributed by atoms with Crippen molar-refractivity contribution in [3.05, 3.63) is 260 Å². The first-order valence-electron chi connectivity index (χ1n) is 47.0. The number of aryl methyl sites for hydroxylation is 1. The van der Waals surface area contributed by atoms with Crippen LogP contribution in [0, 0.1) is 98.3 Å². The smallest absolute Gasteiger partial charge is 0.337 e. The zero-order chi connectivity index (χ0) is 106. The predicted molar refractivity (Wildman–Crippen MR) is 546 cm³/mol. The standard InChI is InChI=1S/3C23H29FN4O3.C21H23FN4O3.C16H13FN2O3/c1-6-28(15(4)29)10-9-25-23(31)21-13(2)20(27(5)14(21)3)12-18-17-11-16(24)7-8-19(17)26-22(18)30;1-6-28(7-2)20(29)12-25-23(31)21-13(3)19(27(5)14(21)4)11-17-16-10-15(24)8-9-18(16)26-22(17)30;1-5-28(10-11-29)9-8-25-23(31)21-14(2)20(27(4)15(21)3)13-18-17-12-16(24)6-7-19(17)26-22(18)30;1-11-18(10-16-15-9-14(22)5-6-17(15)25-20(16)28)26(4)12(2)19(11)21(29)24-8-7-23-13(3)27;1-7-13(18-8(2)14(7)16(21)22)6-11-10-5-9(17)3-4-12(10)19-15(11)20/h7-8,11-12,15,29H,6,9-10H2,1-5H3,(H,25,31)(H,26,30);8-11,20,29H,6-7,12H2,1-5H3,(H,25,31)(H,26,30);6-7,12-13,29H,5,8-11H2,1-4H3,(H,25,31)(H,26,30);5-6,9-10H,7-8H2,1-4H3,(H,23,27)(H,24,29)(H,25,28);3-6,18H,1-2H3,(H,19,20)(H,21,22)/b18-12-;17-11-;18-13-;16-10-;11-6-. The van der Waals surface area contributed by atoms with E-state index in [1.165, 1.54) is 91.9 Å². The second-order valence-corrected chi connectivity index (χ2v) is 35.2. The van der Waals surface area contributed by atoms with Gasteiger partial charge >= 0.3 is 5.97 Å². The Morgan fingerprint density at radius 1 is 0.382 bits per heavy atom. The average Bonchev–Trinajstić information content (AvgIpc) is 1.63. The van der Waals surface area contributed by atoms with Gasteiger partial charge in [0.1, 0.15) is 41.5 Å². The van der Waals surface area contributed by atoms with E-state index in [9.17, 15) is 90.0 Å². The number of hydrogen-bond donors (Lipinski definition) is 15. The number of aromatic amines is 1. The van der Waals surface area contributed by atoms with Gasteiger partial charge in [0.2, 0.25) is 5.91 Å². The molecule has 38 heteroatoms. The fraction of sp³-hybridized carbons (Fsp3) is 0.330. The molecule has 33 nitrogen and oxygen atoms in total. The molecular formula is C106H123F5N18O15. The molecular weight excluding hydrogens is 1860 g/mol. The number of benzene rings is 5. The van der Waals surface area contributed by atoms with Crippen LogP contribution in [0.1, 0.15) is 206 Å². The van der Waals surface area contributed by atoms with Crippen LogP contribution < -0.4 is 53.2 Å². The number of aromatic nitrogens is 5. The molecule has 762 valence electrons. The number of rotatable bonds is 29. The van der Waals surface area contributed by atoms with Crippen LogP contribution in [0.3, 0.4) is 0 Å². The van der Waals surface area contributed by atoms with Crippen LogP contribution >= 0.6 is 0 Å². The quantitative estimate of drug-likeness (QED) is 0.00896. The van der Waals surface area contributed by atoms with E-state index in [4.69, 9.17) is 5.11 Å². The molecule has 2 unspecified atom stereocenters. The fourth-order valence-electron chi connectivity index (χ4n) is 18.2. The van der Waals surface area contributed by atoms with Gasteiger partial charge in [-0.2, -0.15) is 0 Å². The number of nitrogens with zero attached hydrogens (tertiary/aromatic N) is 7. The third-order valence-corrected chi connectivity index (χ3v) is 26.4. The number of carboxylic acid groups (broad SMARTS) is 1. The second-order valence-electron chi connectivity index (χ2n) is 35.2. The highest BCUT2D eigenvalue weighted by molar-refractivity contribution is 6.38. The van der Waals surface area contributed by atoms with E-state index in [1.807, 2.05) is 139 Å². The summed E-state index contributed by atoms with van der Waals surface area (Å²) in [5.41, 5.74) is 19.6. The number of carboxylic acids is 1. The van der Waals surface area contributed by atoms with Gasteiger partial charge in [-0.15, -0.1) is 0 Å². The molecule has 0 spiro atoms. The lowest BCUT2D eigenvalue weighted by Gasteiger charge is -2.25. The largest absolute Gasteiger partial charge is 0.478 e. The van der Waals surface area contributed by atoms with Crippen molar-refractivity contribution < 1.29 is 95.1 Å². The molecule has 10 amide bonds. The Morgan fingerprint density at radius 3 is 0.938 bits per heavy atom. The minimum Gasteiger partial charge on any atom is -0.478 e. The number of fused-ring (bicyclic) bond motifs is 5. The molecule has 0 bridgehead atoms. The van der Waals surface area contributed by atoms with Crippen molar-refractivity contribution >= 4 is 152 Å². The fourth-order valence-corrected chi connectivity index (χ4v) is 18.2. The normalized spacial score (nSPS) is 14.8. The molecule has 0 saturated carbocycles. The molecule has 5 aromatic carbocycles. The topological polar surface area (TPSA) is 434 Å². The number of anilines is 5. The summed E-state index contributed by atoms with van der Waals surface area (Å²) in [6, 6.07) is 20.7. The van der Waals surface area contributed by atoms with Gasteiger partial charge in [0.25, 0.3) is 53.2 Å². The van der Waals surface area contributed by atoms with E-state index in [1.54, 1.807) is 57.2 Å². The monoisotopic (exact) mass is 1980 g/mol. The van der Waals surface area contributed by atoms with E-state index in [-0.39, 0.29) is 77.8 Å². The number of aliphatic hydroxyl groups excluding tert-OH is 3. The number of carbonyl (C=O) groups is 11. The highest BCUT2D eigenvalue weighted by Crippen LogP contribution is 2.42. The first kappa shape index (κ1) is 109. The van der Waals surface area contributed by atoms with Crippen molar-refractivity contribution in [1.29, 1.82) is 0 Å². The Bertz CT molecular complexity index is 6930. The summed E-state index contributed by atoms with van der Waals surface area (Å²) in [6.45, 7) is 35.2. The maximum atomic E-state index is 13.7. The maximum absolute atomic E-state index is 13.7.